The normalized spacial score (nSPS) is 15.2. The van der Waals surface area contributed by atoms with Crippen molar-refractivity contribution < 1.29 is 0 Å². The van der Waals surface area contributed by atoms with Crippen molar-refractivity contribution in [3.8, 4) is 11.8 Å². The summed E-state index contributed by atoms with van der Waals surface area (Å²) in [6.07, 6.45) is 2.34. The molecule has 0 spiro atoms. The third-order valence-electron chi connectivity index (χ3n) is 1.80. The van der Waals surface area contributed by atoms with E-state index in [9.17, 15) is 0 Å². The van der Waals surface area contributed by atoms with Crippen molar-refractivity contribution in [2.24, 2.45) is 11.8 Å². The molecule has 0 N–H and O–H groups in total. The topological polar surface area (TPSA) is 0 Å². The lowest BCUT2D eigenvalue weighted by Crippen LogP contribution is -1.89. The molecule has 0 rings (SSSR count). The maximum Gasteiger partial charge on any atom is 0.0172 e. The molecule has 2 unspecified atom stereocenters. The van der Waals surface area contributed by atoms with Crippen LogP contribution in [0.3, 0.4) is 0 Å². The van der Waals surface area contributed by atoms with Gasteiger partial charge in [-0.1, -0.05) is 39.5 Å². The molecule has 58 valence electrons. The Bertz CT molecular complexity index is 111. The second kappa shape index (κ2) is 5.35. The molecule has 0 nitrogen and oxygen atoms in total. The van der Waals surface area contributed by atoms with Gasteiger partial charge in [0.25, 0.3) is 0 Å². The molecule has 10 heavy (non-hydrogen) atoms. The molecule has 0 aromatic heterocycles. The highest BCUT2D eigenvalue weighted by molar-refractivity contribution is 5.04. The van der Waals surface area contributed by atoms with Gasteiger partial charge in [-0.3, -0.25) is 0 Å². The lowest BCUT2D eigenvalue weighted by atomic mass is 10.1. The van der Waals surface area contributed by atoms with Gasteiger partial charge in [-0.05, 0) is 12.8 Å². The Hall–Kier alpha value is -0.440. The molecule has 0 heterocycles. The van der Waals surface area contributed by atoms with E-state index in [4.69, 9.17) is 0 Å². The standard InChI is InChI=1S/C10H18/c1-5-9(3)7-8-10(4)6-2/h9-10H,5-6H2,1-4H3. The lowest BCUT2D eigenvalue weighted by molar-refractivity contribution is 0.698. The summed E-state index contributed by atoms with van der Waals surface area (Å²) in [6, 6.07) is 0. The van der Waals surface area contributed by atoms with Gasteiger partial charge in [0.1, 0.15) is 0 Å². The van der Waals surface area contributed by atoms with E-state index in [1.165, 1.54) is 12.8 Å². The summed E-state index contributed by atoms with van der Waals surface area (Å²) >= 11 is 0. The van der Waals surface area contributed by atoms with E-state index in [0.717, 1.165) is 0 Å². The molecule has 0 amide bonds. The Kier molecular flexibility index (Phi) is 5.12. The minimum Gasteiger partial charge on any atom is -0.0999 e. The van der Waals surface area contributed by atoms with E-state index in [2.05, 4.69) is 39.5 Å². The smallest absolute Gasteiger partial charge is 0.0172 e. The number of rotatable bonds is 2. The summed E-state index contributed by atoms with van der Waals surface area (Å²) in [7, 11) is 0. The van der Waals surface area contributed by atoms with Crippen molar-refractivity contribution >= 4 is 0 Å². The Balaban J connectivity index is 3.66. The summed E-state index contributed by atoms with van der Waals surface area (Å²) in [5, 5.41) is 0. The zero-order chi connectivity index (χ0) is 7.98. The van der Waals surface area contributed by atoms with Crippen LogP contribution in [0.25, 0.3) is 0 Å². The summed E-state index contributed by atoms with van der Waals surface area (Å²) in [5.41, 5.74) is 0. The van der Waals surface area contributed by atoms with Crippen LogP contribution in [0.1, 0.15) is 40.5 Å². The summed E-state index contributed by atoms with van der Waals surface area (Å²) < 4.78 is 0. The molecule has 2 atom stereocenters. The van der Waals surface area contributed by atoms with Crippen LogP contribution in [0.5, 0.6) is 0 Å². The fraction of sp³-hybridized carbons (Fsp3) is 0.800. The van der Waals surface area contributed by atoms with Crippen LogP contribution in [0.15, 0.2) is 0 Å². The molecule has 0 bridgehead atoms. The van der Waals surface area contributed by atoms with E-state index in [1.54, 1.807) is 0 Å². The highest BCUT2D eigenvalue weighted by Crippen LogP contribution is 2.01. The molecular weight excluding hydrogens is 120 g/mol. The minimum atomic E-state index is 0.578. The van der Waals surface area contributed by atoms with E-state index in [1.807, 2.05) is 0 Å². The van der Waals surface area contributed by atoms with Crippen molar-refractivity contribution in [3.63, 3.8) is 0 Å². The molecule has 0 saturated heterocycles. The number of hydrogen-bond acceptors (Lipinski definition) is 0. The van der Waals surface area contributed by atoms with Gasteiger partial charge in [0.05, 0.1) is 0 Å². The van der Waals surface area contributed by atoms with Crippen LogP contribution in [-0.4, -0.2) is 0 Å². The summed E-state index contributed by atoms with van der Waals surface area (Å²) in [6.45, 7) is 8.71. The van der Waals surface area contributed by atoms with Crippen LogP contribution in [0, 0.1) is 23.7 Å². The first-order valence-corrected chi connectivity index (χ1v) is 4.21. The third-order valence-corrected chi connectivity index (χ3v) is 1.80. The second-order valence-corrected chi connectivity index (χ2v) is 2.91. The van der Waals surface area contributed by atoms with Crippen molar-refractivity contribution in [3.05, 3.63) is 0 Å². The van der Waals surface area contributed by atoms with E-state index in [-0.39, 0.29) is 0 Å². The molecule has 0 heteroatoms. The van der Waals surface area contributed by atoms with Crippen molar-refractivity contribution in [2.45, 2.75) is 40.5 Å². The molecule has 0 fully saturated rings. The first-order valence-electron chi connectivity index (χ1n) is 4.21. The SMILES string of the molecule is CCC(C)C#CC(C)CC. The van der Waals surface area contributed by atoms with Gasteiger partial charge >= 0.3 is 0 Å². The molecule has 0 aliphatic heterocycles. The van der Waals surface area contributed by atoms with Crippen molar-refractivity contribution in [1.29, 1.82) is 0 Å². The quantitative estimate of drug-likeness (QED) is 0.514. The molecule has 0 saturated carbocycles. The fourth-order valence-electron chi connectivity index (χ4n) is 0.489. The van der Waals surface area contributed by atoms with E-state index < -0.39 is 0 Å². The lowest BCUT2D eigenvalue weighted by Gasteiger charge is -1.98. The predicted molar refractivity (Wildman–Crippen MR) is 46.7 cm³/mol. The average molecular weight is 138 g/mol. The molecule has 0 aromatic carbocycles. The van der Waals surface area contributed by atoms with Crippen LogP contribution in [0.4, 0.5) is 0 Å². The Morgan fingerprint density at radius 3 is 1.40 bits per heavy atom. The predicted octanol–water partition coefficient (Wildman–Crippen LogP) is 3.08. The molecule has 0 radical (unpaired) electrons. The van der Waals surface area contributed by atoms with Gasteiger partial charge in [0.2, 0.25) is 0 Å². The minimum absolute atomic E-state index is 0.578. The summed E-state index contributed by atoms with van der Waals surface area (Å²) in [4.78, 5) is 0. The first-order chi connectivity index (χ1) is 4.70. The van der Waals surface area contributed by atoms with E-state index >= 15 is 0 Å². The maximum absolute atomic E-state index is 3.23. The Morgan fingerprint density at radius 2 is 1.20 bits per heavy atom. The van der Waals surface area contributed by atoms with Gasteiger partial charge in [0.15, 0.2) is 0 Å². The largest absolute Gasteiger partial charge is 0.0999 e. The Labute approximate surface area is 65.0 Å². The van der Waals surface area contributed by atoms with Crippen LogP contribution >= 0.6 is 0 Å². The van der Waals surface area contributed by atoms with E-state index in [0.29, 0.717) is 11.8 Å². The molecule has 0 aliphatic carbocycles. The molecule has 0 aliphatic rings. The summed E-state index contributed by atoms with van der Waals surface area (Å²) in [5.74, 6) is 7.62. The monoisotopic (exact) mass is 138 g/mol. The average Bonchev–Trinajstić information content (AvgIpc) is 1.99. The van der Waals surface area contributed by atoms with Crippen molar-refractivity contribution in [1.82, 2.24) is 0 Å². The second-order valence-electron chi connectivity index (χ2n) is 2.91. The molecule has 0 aromatic rings. The van der Waals surface area contributed by atoms with Gasteiger partial charge in [-0.15, -0.1) is 0 Å². The highest BCUT2D eigenvalue weighted by atomic mass is 14.0. The number of hydrogen-bond donors (Lipinski definition) is 0. The molecular formula is C10H18. The van der Waals surface area contributed by atoms with Crippen LogP contribution in [-0.2, 0) is 0 Å². The third kappa shape index (κ3) is 4.44. The maximum atomic E-state index is 3.23. The van der Waals surface area contributed by atoms with Gasteiger partial charge in [-0.2, -0.15) is 0 Å². The highest BCUT2D eigenvalue weighted by Gasteiger charge is 1.92. The van der Waals surface area contributed by atoms with Gasteiger partial charge in [-0.25, -0.2) is 0 Å². The van der Waals surface area contributed by atoms with Gasteiger partial charge in [0, 0.05) is 11.8 Å². The van der Waals surface area contributed by atoms with Crippen LogP contribution < -0.4 is 0 Å². The van der Waals surface area contributed by atoms with Crippen LogP contribution in [0.2, 0.25) is 0 Å². The fourth-order valence-corrected chi connectivity index (χ4v) is 0.489. The Morgan fingerprint density at radius 1 is 0.900 bits per heavy atom. The first kappa shape index (κ1) is 9.56. The zero-order valence-corrected chi connectivity index (χ0v) is 7.57. The van der Waals surface area contributed by atoms with Crippen molar-refractivity contribution in [2.75, 3.05) is 0 Å². The zero-order valence-electron chi connectivity index (χ0n) is 7.57. The van der Waals surface area contributed by atoms with Gasteiger partial charge < -0.3 is 0 Å².